The maximum absolute atomic E-state index is 13.6. The van der Waals surface area contributed by atoms with E-state index >= 15 is 0 Å². The number of para-hydroxylation sites is 1. The number of carbonyl (C=O) groups excluding carboxylic acids is 3. The van der Waals surface area contributed by atoms with Crippen LogP contribution in [0.4, 0.5) is 11.4 Å². The summed E-state index contributed by atoms with van der Waals surface area (Å²) in [6.07, 6.45) is 3.93. The second kappa shape index (κ2) is 7.20. The Morgan fingerprint density at radius 1 is 0.969 bits per heavy atom. The van der Waals surface area contributed by atoms with Gasteiger partial charge in [0.25, 0.3) is 0 Å². The Balaban J connectivity index is 1.59. The molecule has 164 valence electrons. The first kappa shape index (κ1) is 20.8. The van der Waals surface area contributed by atoms with Crippen LogP contribution in [0.2, 0.25) is 5.02 Å². The largest absolute Gasteiger partial charge is 0.351 e. The number of imide groups is 1. The van der Waals surface area contributed by atoms with Crippen LogP contribution < -0.4 is 10.2 Å². The van der Waals surface area contributed by atoms with Crippen molar-refractivity contribution in [2.75, 3.05) is 10.2 Å². The highest BCUT2D eigenvalue weighted by atomic mass is 35.5. The summed E-state index contributed by atoms with van der Waals surface area (Å²) in [5.41, 5.74) is 1.75. The Morgan fingerprint density at radius 3 is 2.31 bits per heavy atom. The van der Waals surface area contributed by atoms with Crippen molar-refractivity contribution in [2.45, 2.75) is 38.4 Å². The van der Waals surface area contributed by atoms with Gasteiger partial charge in [-0.3, -0.25) is 19.3 Å². The molecule has 2 saturated heterocycles. The number of amides is 3. The Morgan fingerprint density at radius 2 is 1.62 bits per heavy atom. The number of carbonyl (C=O) groups is 3. The fraction of sp³-hybridized carbons (Fsp3) is 0.320. The van der Waals surface area contributed by atoms with Gasteiger partial charge in [-0.1, -0.05) is 42.0 Å². The molecule has 3 aliphatic rings. The topological polar surface area (TPSA) is 69.7 Å². The van der Waals surface area contributed by atoms with Crippen LogP contribution in [0.15, 0.2) is 54.6 Å². The number of hydrogen-bond donors (Lipinski definition) is 1. The van der Waals surface area contributed by atoms with Gasteiger partial charge in [-0.2, -0.15) is 0 Å². The lowest BCUT2D eigenvalue weighted by molar-refractivity contribution is -0.146. The van der Waals surface area contributed by atoms with E-state index in [0.29, 0.717) is 10.7 Å². The number of nitrogens with zero attached hydrogens (tertiary/aromatic N) is 2. The van der Waals surface area contributed by atoms with Crippen LogP contribution in [-0.2, 0) is 14.4 Å². The zero-order valence-corrected chi connectivity index (χ0v) is 18.8. The van der Waals surface area contributed by atoms with E-state index in [4.69, 9.17) is 11.6 Å². The van der Waals surface area contributed by atoms with Gasteiger partial charge in [0, 0.05) is 21.9 Å². The van der Waals surface area contributed by atoms with E-state index in [9.17, 15) is 14.4 Å². The van der Waals surface area contributed by atoms with Crippen molar-refractivity contribution in [3.05, 3.63) is 65.2 Å². The van der Waals surface area contributed by atoms with Gasteiger partial charge in [0.1, 0.15) is 6.04 Å². The van der Waals surface area contributed by atoms with E-state index < -0.39 is 23.4 Å². The second-order valence-electron chi connectivity index (χ2n) is 9.49. The molecule has 5 rings (SSSR count). The van der Waals surface area contributed by atoms with Crippen molar-refractivity contribution >= 4 is 46.8 Å². The van der Waals surface area contributed by atoms with Crippen molar-refractivity contribution in [1.82, 2.24) is 4.90 Å². The second-order valence-corrected chi connectivity index (χ2v) is 9.93. The monoisotopic (exact) mass is 449 g/mol. The molecule has 6 nitrogen and oxygen atoms in total. The van der Waals surface area contributed by atoms with Gasteiger partial charge in [-0.05, 0) is 56.7 Å². The van der Waals surface area contributed by atoms with Crippen molar-refractivity contribution < 1.29 is 14.4 Å². The summed E-state index contributed by atoms with van der Waals surface area (Å²) in [6.45, 7) is 5.53. The molecule has 0 bridgehead atoms. The van der Waals surface area contributed by atoms with E-state index in [-0.39, 0.29) is 23.8 Å². The van der Waals surface area contributed by atoms with Gasteiger partial charge in [-0.25, -0.2) is 0 Å². The van der Waals surface area contributed by atoms with Crippen LogP contribution >= 0.6 is 11.6 Å². The maximum atomic E-state index is 13.6. The number of rotatable bonds is 2. The van der Waals surface area contributed by atoms with Gasteiger partial charge in [0.05, 0.1) is 17.9 Å². The molecule has 1 N–H and O–H groups in total. The van der Waals surface area contributed by atoms with E-state index in [0.717, 1.165) is 11.3 Å². The third-order valence-electron chi connectivity index (χ3n) is 6.47. The summed E-state index contributed by atoms with van der Waals surface area (Å²) in [4.78, 5) is 44.0. The molecule has 2 aromatic rings. The third kappa shape index (κ3) is 3.05. The number of anilines is 2. The lowest BCUT2D eigenvalue weighted by atomic mass is 9.88. The zero-order chi connectivity index (χ0) is 22.8. The molecule has 4 atom stereocenters. The summed E-state index contributed by atoms with van der Waals surface area (Å²) in [7, 11) is 0. The van der Waals surface area contributed by atoms with Crippen LogP contribution in [-0.4, -0.2) is 40.2 Å². The average molecular weight is 450 g/mol. The lowest BCUT2D eigenvalue weighted by Crippen LogP contribution is -2.53. The van der Waals surface area contributed by atoms with E-state index in [1.54, 1.807) is 24.3 Å². The van der Waals surface area contributed by atoms with Gasteiger partial charge >= 0.3 is 0 Å². The molecule has 0 spiro atoms. The molecule has 2 fully saturated rings. The van der Waals surface area contributed by atoms with Crippen LogP contribution in [0.3, 0.4) is 0 Å². The number of halogens is 1. The molecule has 3 amide bonds. The number of benzene rings is 2. The summed E-state index contributed by atoms with van der Waals surface area (Å²) in [5.74, 6) is -2.17. The number of fused-ring (bicyclic) bond motifs is 5. The minimum Gasteiger partial charge on any atom is -0.351 e. The summed E-state index contributed by atoms with van der Waals surface area (Å²) in [6, 6.07) is 13.4. The molecule has 0 saturated carbocycles. The predicted molar refractivity (Wildman–Crippen MR) is 124 cm³/mol. The van der Waals surface area contributed by atoms with Crippen molar-refractivity contribution in [3.8, 4) is 0 Å². The van der Waals surface area contributed by atoms with Gasteiger partial charge in [0.15, 0.2) is 0 Å². The Hall–Kier alpha value is -3.12. The van der Waals surface area contributed by atoms with Crippen molar-refractivity contribution in [1.29, 1.82) is 0 Å². The molecule has 2 aromatic carbocycles. The Bertz CT molecular complexity index is 1150. The van der Waals surface area contributed by atoms with E-state index in [1.807, 2.05) is 62.1 Å². The third-order valence-corrected chi connectivity index (χ3v) is 6.72. The molecule has 7 heteroatoms. The molecule has 3 heterocycles. The van der Waals surface area contributed by atoms with Crippen molar-refractivity contribution in [3.63, 3.8) is 0 Å². The van der Waals surface area contributed by atoms with E-state index in [2.05, 4.69) is 5.32 Å². The molecule has 0 aliphatic carbocycles. The van der Waals surface area contributed by atoms with Gasteiger partial charge in [-0.15, -0.1) is 0 Å². The summed E-state index contributed by atoms with van der Waals surface area (Å²) in [5, 5.41) is 3.50. The first-order valence-corrected chi connectivity index (χ1v) is 11.1. The first-order valence-electron chi connectivity index (χ1n) is 10.7. The quantitative estimate of drug-likeness (QED) is 0.704. The highest BCUT2D eigenvalue weighted by molar-refractivity contribution is 6.30. The van der Waals surface area contributed by atoms with Gasteiger partial charge in [0.2, 0.25) is 17.7 Å². The maximum Gasteiger partial charge on any atom is 0.247 e. The fourth-order valence-corrected chi connectivity index (χ4v) is 5.35. The predicted octanol–water partition coefficient (Wildman–Crippen LogP) is 3.96. The molecule has 0 aromatic heterocycles. The van der Waals surface area contributed by atoms with Crippen LogP contribution in [0, 0.1) is 11.8 Å². The minimum atomic E-state index is -0.810. The normalized spacial score (nSPS) is 26.1. The highest BCUT2D eigenvalue weighted by Gasteiger charge is 2.65. The molecule has 0 unspecified atom stereocenters. The summed E-state index contributed by atoms with van der Waals surface area (Å²) < 4.78 is 0. The Kier molecular flexibility index (Phi) is 4.67. The van der Waals surface area contributed by atoms with Crippen LogP contribution in [0.25, 0.3) is 6.08 Å². The smallest absolute Gasteiger partial charge is 0.247 e. The molecular weight excluding hydrogens is 426 g/mol. The van der Waals surface area contributed by atoms with Gasteiger partial charge < -0.3 is 10.2 Å². The number of hydrogen-bond acceptors (Lipinski definition) is 4. The molecule has 32 heavy (non-hydrogen) atoms. The van der Waals surface area contributed by atoms with Crippen LogP contribution in [0.5, 0.6) is 0 Å². The molecule has 3 aliphatic heterocycles. The fourth-order valence-electron chi connectivity index (χ4n) is 5.22. The number of likely N-dealkylation sites (tertiary alicyclic amines) is 1. The Labute approximate surface area is 191 Å². The minimum absolute atomic E-state index is 0.215. The lowest BCUT2D eigenvalue weighted by Gasteiger charge is -2.38. The molecule has 0 radical (unpaired) electrons. The SMILES string of the molecule is CC(C)(C)N1C(=O)[C@@H]2[C@@H](C1=O)[C@@H]1C=Cc3ccccc3N1[C@@H]2C(=O)Nc1ccc(Cl)cc1. The highest BCUT2D eigenvalue weighted by Crippen LogP contribution is 2.49. The average Bonchev–Trinajstić information content (AvgIpc) is 3.22. The zero-order valence-electron chi connectivity index (χ0n) is 18.1. The molecular formula is C25H24ClN3O3. The standard InChI is InChI=1S/C25H24ClN3O3/c1-25(2,3)29-23(31)19-18-13-8-14-6-4-5-7-17(14)28(18)21(20(19)24(29)32)22(30)27-16-11-9-15(26)10-12-16/h4-13,18-21H,1-3H3,(H,27,30)/t18-,19-,20+,21-/m0/s1. The van der Waals surface area contributed by atoms with E-state index in [1.165, 1.54) is 4.90 Å². The van der Waals surface area contributed by atoms with Crippen molar-refractivity contribution in [2.24, 2.45) is 11.8 Å². The van der Waals surface area contributed by atoms with Crippen LogP contribution in [0.1, 0.15) is 26.3 Å². The number of nitrogens with one attached hydrogen (secondary N) is 1. The summed E-state index contributed by atoms with van der Waals surface area (Å²) >= 11 is 5.97. The first-order chi connectivity index (χ1) is 15.2.